The number of hydrogen-bond donors (Lipinski definition) is 1. The molecule has 154 valence electrons. The van der Waals surface area contributed by atoms with Crippen molar-refractivity contribution in [2.75, 3.05) is 4.90 Å². The van der Waals surface area contributed by atoms with Gasteiger partial charge in [0.05, 0.1) is 20.8 Å². The maximum atomic E-state index is 12.8. The third-order valence-electron chi connectivity index (χ3n) is 4.31. The van der Waals surface area contributed by atoms with E-state index in [0.717, 1.165) is 22.0 Å². The highest BCUT2D eigenvalue weighted by molar-refractivity contribution is 8.02. The zero-order valence-corrected chi connectivity index (χ0v) is 18.0. The number of imide groups is 1. The molecule has 1 saturated heterocycles. The minimum absolute atomic E-state index is 0.0331. The Kier molecular flexibility index (Phi) is 5.35. The van der Waals surface area contributed by atoms with Gasteiger partial charge in [-0.05, 0) is 36.4 Å². The van der Waals surface area contributed by atoms with Crippen molar-refractivity contribution < 1.29 is 22.8 Å². The van der Waals surface area contributed by atoms with Crippen LogP contribution in [0.25, 0.3) is 10.2 Å². The monoisotopic (exact) mass is 461 g/mol. The Morgan fingerprint density at radius 2 is 1.87 bits per heavy atom. The molecule has 2 heterocycles. The summed E-state index contributed by atoms with van der Waals surface area (Å²) in [7, 11) is -3.99. The number of benzene rings is 2. The molecule has 1 aliphatic rings. The zero-order valence-electron chi connectivity index (χ0n) is 15.6. The maximum absolute atomic E-state index is 12.8. The van der Waals surface area contributed by atoms with Crippen molar-refractivity contribution in [3.63, 3.8) is 0 Å². The van der Waals surface area contributed by atoms with Crippen LogP contribution < -0.4 is 9.62 Å². The Bertz CT molecular complexity index is 1240. The van der Waals surface area contributed by atoms with Crippen LogP contribution in [0.3, 0.4) is 0 Å². The molecule has 3 amide bonds. The van der Waals surface area contributed by atoms with Gasteiger partial charge in [-0.2, -0.15) is 0 Å². The number of fused-ring (bicyclic) bond motifs is 1. The third kappa shape index (κ3) is 3.95. The zero-order chi connectivity index (χ0) is 21.5. The quantitative estimate of drug-likeness (QED) is 0.581. The Balaban J connectivity index is 1.53. The van der Waals surface area contributed by atoms with Crippen LogP contribution in [-0.2, 0) is 24.4 Å². The first kappa shape index (κ1) is 20.5. The summed E-state index contributed by atoms with van der Waals surface area (Å²) in [5.41, 5.74) is 1.12. The second-order valence-electron chi connectivity index (χ2n) is 6.48. The summed E-state index contributed by atoms with van der Waals surface area (Å²) in [6.07, 6.45) is 0.0331. The summed E-state index contributed by atoms with van der Waals surface area (Å²) in [6.45, 7) is 1.09. The number of carbonyl (C=O) groups is 3. The molecular weight excluding hydrogens is 446 g/mol. The number of sulfonamides is 1. The smallest absolute Gasteiger partial charge is 0.264 e. The molecule has 2 aromatic carbocycles. The van der Waals surface area contributed by atoms with E-state index in [-0.39, 0.29) is 28.8 Å². The summed E-state index contributed by atoms with van der Waals surface area (Å²) >= 11 is 2.72. The molecule has 3 aromatic rings. The van der Waals surface area contributed by atoms with Gasteiger partial charge in [-0.15, -0.1) is 11.3 Å². The molecule has 1 aliphatic heterocycles. The number of nitrogens with zero attached hydrogens (tertiary/aromatic N) is 2. The molecule has 1 fully saturated rings. The molecule has 1 aromatic heterocycles. The van der Waals surface area contributed by atoms with Crippen LogP contribution in [0, 0.1) is 0 Å². The Hall–Kier alpha value is -2.76. The second-order valence-corrected chi connectivity index (χ2v) is 10.6. The van der Waals surface area contributed by atoms with E-state index in [1.807, 2.05) is 29.0 Å². The fourth-order valence-electron chi connectivity index (χ4n) is 3.01. The summed E-state index contributed by atoms with van der Waals surface area (Å²) in [6, 6.07) is 12.9. The van der Waals surface area contributed by atoms with Crippen molar-refractivity contribution in [1.29, 1.82) is 0 Å². The number of hydrogen-bond acceptors (Lipinski definition) is 8. The van der Waals surface area contributed by atoms with Crippen molar-refractivity contribution in [3.05, 3.63) is 48.5 Å². The van der Waals surface area contributed by atoms with Gasteiger partial charge in [0.15, 0.2) is 4.34 Å². The van der Waals surface area contributed by atoms with E-state index in [4.69, 9.17) is 0 Å². The average molecular weight is 462 g/mol. The lowest BCUT2D eigenvalue weighted by atomic mass is 10.3. The number of anilines is 1. The minimum atomic E-state index is -3.99. The summed E-state index contributed by atoms with van der Waals surface area (Å²) in [5.74, 6) is -1.45. The normalized spacial score (nSPS) is 17.0. The number of rotatable bonds is 5. The van der Waals surface area contributed by atoms with Crippen molar-refractivity contribution >= 4 is 66.7 Å². The van der Waals surface area contributed by atoms with Crippen LogP contribution >= 0.6 is 23.1 Å². The average Bonchev–Trinajstić information content (AvgIpc) is 3.21. The number of para-hydroxylation sites is 1. The van der Waals surface area contributed by atoms with Gasteiger partial charge in [-0.1, -0.05) is 23.9 Å². The molecule has 1 N–H and O–H groups in total. The van der Waals surface area contributed by atoms with E-state index in [1.165, 1.54) is 47.4 Å². The Morgan fingerprint density at radius 3 is 2.53 bits per heavy atom. The van der Waals surface area contributed by atoms with Crippen LogP contribution in [0.15, 0.2) is 57.8 Å². The highest BCUT2D eigenvalue weighted by atomic mass is 32.2. The van der Waals surface area contributed by atoms with Crippen LogP contribution in [0.2, 0.25) is 0 Å². The van der Waals surface area contributed by atoms with Gasteiger partial charge in [-0.25, -0.2) is 23.0 Å². The first-order valence-electron chi connectivity index (χ1n) is 8.77. The van der Waals surface area contributed by atoms with E-state index in [0.29, 0.717) is 4.34 Å². The van der Waals surface area contributed by atoms with Crippen molar-refractivity contribution in [2.24, 2.45) is 0 Å². The minimum Gasteiger partial charge on any atom is -0.274 e. The van der Waals surface area contributed by atoms with Gasteiger partial charge in [0, 0.05) is 13.3 Å². The highest BCUT2D eigenvalue weighted by Crippen LogP contribution is 2.37. The molecule has 0 bridgehead atoms. The van der Waals surface area contributed by atoms with Crippen LogP contribution in [-0.4, -0.2) is 36.4 Å². The Labute approximate surface area is 180 Å². The molecule has 0 aliphatic carbocycles. The van der Waals surface area contributed by atoms with Gasteiger partial charge in [0.2, 0.25) is 17.7 Å². The first-order chi connectivity index (χ1) is 14.2. The van der Waals surface area contributed by atoms with E-state index in [9.17, 15) is 22.8 Å². The SMILES string of the molecule is CC(=O)NS(=O)(=O)c1ccc(N2C(=O)C[C@H](Sc3nc4ccccc4s3)C2=O)cc1. The van der Waals surface area contributed by atoms with Crippen LogP contribution in [0.4, 0.5) is 5.69 Å². The van der Waals surface area contributed by atoms with E-state index in [2.05, 4.69) is 4.98 Å². The van der Waals surface area contributed by atoms with E-state index in [1.54, 1.807) is 0 Å². The predicted molar refractivity (Wildman–Crippen MR) is 114 cm³/mol. The second kappa shape index (κ2) is 7.82. The molecule has 0 unspecified atom stereocenters. The number of thiazole rings is 1. The molecule has 8 nitrogen and oxygen atoms in total. The molecule has 0 spiro atoms. The predicted octanol–water partition coefficient (Wildman–Crippen LogP) is 2.55. The summed E-state index contributed by atoms with van der Waals surface area (Å²) in [4.78, 5) is 41.8. The van der Waals surface area contributed by atoms with Gasteiger partial charge in [-0.3, -0.25) is 14.4 Å². The van der Waals surface area contributed by atoms with E-state index >= 15 is 0 Å². The van der Waals surface area contributed by atoms with Gasteiger partial charge in [0.1, 0.15) is 5.25 Å². The molecule has 1 atom stereocenters. The number of thioether (sulfide) groups is 1. The maximum Gasteiger partial charge on any atom is 0.264 e. The largest absolute Gasteiger partial charge is 0.274 e. The number of aromatic nitrogens is 1. The third-order valence-corrected chi connectivity index (χ3v) is 8.07. The van der Waals surface area contributed by atoms with Crippen molar-refractivity contribution in [1.82, 2.24) is 9.71 Å². The van der Waals surface area contributed by atoms with Gasteiger partial charge >= 0.3 is 0 Å². The van der Waals surface area contributed by atoms with Crippen molar-refractivity contribution in [2.45, 2.75) is 27.8 Å². The van der Waals surface area contributed by atoms with Crippen molar-refractivity contribution in [3.8, 4) is 0 Å². The molecule has 0 saturated carbocycles. The molecule has 11 heteroatoms. The Morgan fingerprint density at radius 1 is 1.17 bits per heavy atom. The summed E-state index contributed by atoms with van der Waals surface area (Å²) < 4.78 is 27.7. The van der Waals surface area contributed by atoms with Crippen LogP contribution in [0.1, 0.15) is 13.3 Å². The van der Waals surface area contributed by atoms with E-state index < -0.39 is 21.2 Å². The lowest BCUT2D eigenvalue weighted by molar-refractivity contribution is -0.121. The van der Waals surface area contributed by atoms with Gasteiger partial charge in [0.25, 0.3) is 10.0 Å². The topological polar surface area (TPSA) is 114 Å². The number of nitrogens with one attached hydrogen (secondary N) is 1. The molecule has 30 heavy (non-hydrogen) atoms. The lowest BCUT2D eigenvalue weighted by Crippen LogP contribution is -2.31. The molecule has 0 radical (unpaired) electrons. The molecular formula is C19H15N3O5S3. The standard InChI is InChI=1S/C19H15N3O5S3/c1-11(23)21-30(26,27)13-8-6-12(7-9-13)22-17(24)10-16(18(22)25)29-19-20-14-4-2-3-5-15(14)28-19/h2-9,16H,10H2,1H3,(H,21,23)/t16-/m0/s1. The summed E-state index contributed by atoms with van der Waals surface area (Å²) in [5, 5.41) is -0.596. The number of amides is 3. The highest BCUT2D eigenvalue weighted by Gasteiger charge is 2.40. The lowest BCUT2D eigenvalue weighted by Gasteiger charge is -2.15. The van der Waals surface area contributed by atoms with Crippen LogP contribution in [0.5, 0.6) is 0 Å². The van der Waals surface area contributed by atoms with Gasteiger partial charge < -0.3 is 0 Å². The number of carbonyl (C=O) groups excluding carboxylic acids is 3. The molecule has 4 rings (SSSR count). The fraction of sp³-hybridized carbons (Fsp3) is 0.158. The fourth-order valence-corrected chi connectivity index (χ4v) is 6.34. The first-order valence-corrected chi connectivity index (χ1v) is 11.9.